The minimum atomic E-state index is -5.46. The van der Waals surface area contributed by atoms with Crippen molar-refractivity contribution in [1.29, 1.82) is 0 Å². The Balaban J connectivity index is 1.36. The molecule has 1 aliphatic carbocycles. The number of nitrogens with two attached hydrogens (primary N) is 1. The lowest BCUT2D eigenvalue weighted by molar-refractivity contribution is -0.265. The number of benzene rings is 2. The van der Waals surface area contributed by atoms with Crippen LogP contribution in [0.5, 0.6) is 11.5 Å². The molecule has 50 heavy (non-hydrogen) atoms. The van der Waals surface area contributed by atoms with Gasteiger partial charge in [-0.05, 0) is 74.4 Å². The van der Waals surface area contributed by atoms with E-state index in [1.807, 2.05) is 0 Å². The van der Waals surface area contributed by atoms with E-state index in [0.717, 1.165) is 49.4 Å². The molecule has 1 aliphatic heterocycles. The summed E-state index contributed by atoms with van der Waals surface area (Å²) in [5, 5.41) is 13.4. The van der Waals surface area contributed by atoms with Gasteiger partial charge in [0.2, 0.25) is 11.5 Å². The van der Waals surface area contributed by atoms with Crippen LogP contribution < -0.4 is 20.5 Å². The van der Waals surface area contributed by atoms with Gasteiger partial charge in [0.05, 0.1) is 18.3 Å². The van der Waals surface area contributed by atoms with Crippen molar-refractivity contribution >= 4 is 11.8 Å². The largest absolute Gasteiger partial charge is 0.490 e. The Morgan fingerprint density at radius 3 is 2.26 bits per heavy atom. The molecule has 0 radical (unpaired) electrons. The molecule has 2 aliphatic rings. The summed E-state index contributed by atoms with van der Waals surface area (Å²) in [6, 6.07) is 11.0. The molecule has 1 saturated carbocycles. The zero-order valence-corrected chi connectivity index (χ0v) is 26.0. The lowest BCUT2D eigenvalue weighted by Gasteiger charge is -2.31. The SMILES string of the molecule is C[C@]1(C(N)=O)COc2c1cc(C(O)(CNC(=O)c1ccc(OC3CC3)c(-c3ccc(C(F)(F)F)nc3)c1)C(F)(F)F)nc2-c1ccc(F)cc1. The second-order valence-corrected chi connectivity index (χ2v) is 12.2. The number of hydrogen-bond acceptors (Lipinski definition) is 7. The average Bonchev–Trinajstić information content (AvgIpc) is 3.82. The number of ether oxygens (including phenoxy) is 2. The molecule has 2 aromatic heterocycles. The fraction of sp³-hybridized carbons (Fsp3) is 0.294. The maximum absolute atomic E-state index is 14.8. The first-order valence-corrected chi connectivity index (χ1v) is 15.1. The molecule has 6 rings (SSSR count). The summed E-state index contributed by atoms with van der Waals surface area (Å²) < 4.78 is 109. The number of carbonyl (C=O) groups is 2. The van der Waals surface area contributed by atoms with Crippen molar-refractivity contribution in [3.8, 4) is 33.9 Å². The van der Waals surface area contributed by atoms with E-state index in [1.54, 1.807) is 0 Å². The predicted molar refractivity (Wildman–Crippen MR) is 162 cm³/mol. The third-order valence-electron chi connectivity index (χ3n) is 8.56. The smallest absolute Gasteiger partial charge is 0.433 e. The molecule has 2 aromatic carbocycles. The maximum atomic E-state index is 14.8. The standard InChI is InChI=1S/C34H27F7N4O5/c1-31(30(42)47)16-49-28-23(31)13-26(45-27(28)17-2-6-20(35)7-3-17)32(48,34(39,40)41)15-44-29(46)18-4-10-24(50-21-8-9-21)22(12-18)19-5-11-25(43-14-19)33(36,37)38/h2-7,10-14,21,48H,8-9,15-16H2,1H3,(H2,42,47)(H,44,46)/t31-,32?/m0/s1. The minimum Gasteiger partial charge on any atom is -0.490 e. The second kappa shape index (κ2) is 12.3. The number of amides is 2. The van der Waals surface area contributed by atoms with E-state index >= 15 is 0 Å². The summed E-state index contributed by atoms with van der Waals surface area (Å²) in [6.45, 7) is -0.473. The topological polar surface area (TPSA) is 137 Å². The fourth-order valence-electron chi connectivity index (χ4n) is 5.33. The highest BCUT2D eigenvalue weighted by molar-refractivity contribution is 5.96. The summed E-state index contributed by atoms with van der Waals surface area (Å²) in [6.07, 6.45) is -7.92. The zero-order valence-electron chi connectivity index (χ0n) is 26.0. The number of hydrogen-bond donors (Lipinski definition) is 3. The third-order valence-corrected chi connectivity index (χ3v) is 8.56. The van der Waals surface area contributed by atoms with Crippen molar-refractivity contribution in [2.24, 2.45) is 5.73 Å². The molecule has 4 aromatic rings. The monoisotopic (exact) mass is 704 g/mol. The molecule has 0 spiro atoms. The van der Waals surface area contributed by atoms with E-state index in [4.69, 9.17) is 15.2 Å². The Morgan fingerprint density at radius 1 is 1.00 bits per heavy atom. The van der Waals surface area contributed by atoms with Crippen LogP contribution in [0, 0.1) is 5.82 Å². The minimum absolute atomic E-state index is 0.0889. The molecular formula is C34H27F7N4O5. The molecule has 16 heteroatoms. The highest BCUT2D eigenvalue weighted by Crippen LogP contribution is 2.48. The number of aliphatic hydroxyl groups is 1. The van der Waals surface area contributed by atoms with Crippen LogP contribution in [0.25, 0.3) is 22.4 Å². The van der Waals surface area contributed by atoms with Gasteiger partial charge >= 0.3 is 12.4 Å². The molecule has 1 unspecified atom stereocenters. The van der Waals surface area contributed by atoms with E-state index < -0.39 is 58.9 Å². The Kier molecular flexibility index (Phi) is 8.49. The number of rotatable bonds is 9. The summed E-state index contributed by atoms with van der Waals surface area (Å²) in [4.78, 5) is 33.3. The van der Waals surface area contributed by atoms with E-state index in [-0.39, 0.29) is 57.7 Å². The molecule has 2 atom stereocenters. The zero-order chi connectivity index (χ0) is 36.2. The van der Waals surface area contributed by atoms with Crippen LogP contribution in [0.4, 0.5) is 30.7 Å². The molecule has 4 N–H and O–H groups in total. The van der Waals surface area contributed by atoms with Crippen molar-refractivity contribution in [3.05, 3.63) is 95.2 Å². The Morgan fingerprint density at radius 2 is 1.68 bits per heavy atom. The molecule has 9 nitrogen and oxygen atoms in total. The summed E-state index contributed by atoms with van der Waals surface area (Å²) in [5.41, 5.74) is -2.20. The first kappa shape index (κ1) is 34.6. The van der Waals surface area contributed by atoms with Gasteiger partial charge in [-0.2, -0.15) is 26.3 Å². The van der Waals surface area contributed by atoms with E-state index in [2.05, 4.69) is 15.3 Å². The summed E-state index contributed by atoms with van der Waals surface area (Å²) in [5.74, 6) is -2.54. The van der Waals surface area contributed by atoms with Crippen LogP contribution in [0.3, 0.4) is 0 Å². The fourth-order valence-corrected chi connectivity index (χ4v) is 5.33. The lowest BCUT2D eigenvalue weighted by Crippen LogP contribution is -2.51. The van der Waals surface area contributed by atoms with Crippen molar-refractivity contribution in [2.75, 3.05) is 13.2 Å². The number of nitrogens with one attached hydrogen (secondary N) is 1. The van der Waals surface area contributed by atoms with Gasteiger partial charge in [-0.3, -0.25) is 14.6 Å². The molecular weight excluding hydrogens is 677 g/mol. The van der Waals surface area contributed by atoms with Gasteiger partial charge in [0.15, 0.2) is 0 Å². The highest BCUT2D eigenvalue weighted by atomic mass is 19.4. The predicted octanol–water partition coefficient (Wildman–Crippen LogP) is 5.83. The molecule has 0 saturated heterocycles. The molecule has 3 heterocycles. The van der Waals surface area contributed by atoms with Crippen molar-refractivity contribution < 1.29 is 54.9 Å². The maximum Gasteiger partial charge on any atom is 0.433 e. The van der Waals surface area contributed by atoms with Crippen molar-refractivity contribution in [2.45, 2.75) is 49.2 Å². The number of carbonyl (C=O) groups excluding carboxylic acids is 2. The summed E-state index contributed by atoms with van der Waals surface area (Å²) in [7, 11) is 0. The molecule has 2 amide bonds. The summed E-state index contributed by atoms with van der Waals surface area (Å²) >= 11 is 0. The van der Waals surface area contributed by atoms with Gasteiger partial charge in [-0.25, -0.2) is 9.37 Å². The Labute approximate surface area is 279 Å². The van der Waals surface area contributed by atoms with Crippen LogP contribution in [-0.4, -0.2) is 52.3 Å². The van der Waals surface area contributed by atoms with Crippen LogP contribution in [0.2, 0.25) is 0 Å². The Bertz CT molecular complexity index is 1970. The number of primary amides is 1. The van der Waals surface area contributed by atoms with Crippen molar-refractivity contribution in [3.63, 3.8) is 0 Å². The van der Waals surface area contributed by atoms with Crippen LogP contribution in [-0.2, 0) is 22.0 Å². The van der Waals surface area contributed by atoms with Gasteiger partial charge in [-0.1, -0.05) is 6.07 Å². The number of alkyl halides is 6. The number of aromatic nitrogens is 2. The van der Waals surface area contributed by atoms with E-state index in [0.29, 0.717) is 0 Å². The normalized spacial score (nSPS) is 18.5. The lowest BCUT2D eigenvalue weighted by atomic mass is 9.81. The molecule has 0 bridgehead atoms. The first-order chi connectivity index (χ1) is 23.4. The van der Waals surface area contributed by atoms with Gasteiger partial charge in [0.25, 0.3) is 5.91 Å². The van der Waals surface area contributed by atoms with E-state index in [9.17, 15) is 45.4 Å². The van der Waals surface area contributed by atoms with Crippen LogP contribution >= 0.6 is 0 Å². The number of halogens is 7. The molecule has 1 fully saturated rings. The van der Waals surface area contributed by atoms with Gasteiger partial charge in [-0.15, -0.1) is 0 Å². The Hall–Kier alpha value is -5.25. The third kappa shape index (κ3) is 6.42. The van der Waals surface area contributed by atoms with Crippen LogP contribution in [0.15, 0.2) is 66.9 Å². The second-order valence-electron chi connectivity index (χ2n) is 12.2. The average molecular weight is 705 g/mol. The number of fused-ring (bicyclic) bond motifs is 1. The first-order valence-electron chi connectivity index (χ1n) is 15.1. The number of nitrogens with zero attached hydrogens (tertiary/aromatic N) is 2. The van der Waals surface area contributed by atoms with Crippen molar-refractivity contribution in [1.82, 2.24) is 15.3 Å². The van der Waals surface area contributed by atoms with Gasteiger partial charge in [0, 0.05) is 34.0 Å². The highest BCUT2D eigenvalue weighted by Gasteiger charge is 2.57. The van der Waals surface area contributed by atoms with E-state index in [1.165, 1.54) is 37.3 Å². The van der Waals surface area contributed by atoms with Gasteiger partial charge < -0.3 is 25.6 Å². The van der Waals surface area contributed by atoms with Crippen LogP contribution in [0.1, 0.15) is 47.1 Å². The molecule has 262 valence electrons. The van der Waals surface area contributed by atoms with Gasteiger partial charge in [0.1, 0.15) is 40.7 Å². The quantitative estimate of drug-likeness (QED) is 0.187. The number of pyridine rings is 2.